The van der Waals surface area contributed by atoms with Crippen molar-refractivity contribution in [2.45, 2.75) is 33.2 Å². The maximum Gasteiger partial charge on any atom is 0.227 e. The first-order chi connectivity index (χ1) is 8.76. The van der Waals surface area contributed by atoms with E-state index in [0.717, 1.165) is 18.4 Å². The molecule has 0 aliphatic carbocycles. The molecule has 0 N–H and O–H groups in total. The second kappa shape index (κ2) is 5.91. The lowest BCUT2D eigenvalue weighted by Crippen LogP contribution is -2.39. The molecule has 2 aromatic rings. The van der Waals surface area contributed by atoms with Crippen molar-refractivity contribution in [1.82, 2.24) is 0 Å². The van der Waals surface area contributed by atoms with E-state index in [1.807, 2.05) is 30.3 Å². The van der Waals surface area contributed by atoms with Crippen molar-refractivity contribution in [3.63, 3.8) is 0 Å². The van der Waals surface area contributed by atoms with Crippen molar-refractivity contribution < 1.29 is 9.36 Å². The number of thiazole rings is 1. The third-order valence-corrected chi connectivity index (χ3v) is 4.23. The summed E-state index contributed by atoms with van der Waals surface area (Å²) in [6.07, 6.45) is 2.02. The standard InChI is InChI=1S/C15H18NOS/c1-3-13-15(4-2)18-11-16(13)10-14(17)12-8-6-5-7-9-12/h5-9,11H,3-4,10H2,1-2H3/q+1. The van der Waals surface area contributed by atoms with Gasteiger partial charge in [-0.25, -0.2) is 0 Å². The van der Waals surface area contributed by atoms with E-state index in [9.17, 15) is 4.79 Å². The molecule has 94 valence electrons. The van der Waals surface area contributed by atoms with E-state index in [1.54, 1.807) is 11.3 Å². The van der Waals surface area contributed by atoms with Gasteiger partial charge in [0.05, 0.1) is 4.88 Å². The summed E-state index contributed by atoms with van der Waals surface area (Å²) in [7, 11) is 0. The number of carbonyl (C=O) groups excluding carboxylic acids is 1. The van der Waals surface area contributed by atoms with Crippen molar-refractivity contribution in [1.29, 1.82) is 0 Å². The van der Waals surface area contributed by atoms with Gasteiger partial charge in [-0.05, 0) is 6.42 Å². The van der Waals surface area contributed by atoms with Gasteiger partial charge in [-0.15, -0.1) is 0 Å². The molecule has 0 saturated heterocycles. The van der Waals surface area contributed by atoms with Crippen LogP contribution in [0.1, 0.15) is 34.8 Å². The summed E-state index contributed by atoms with van der Waals surface area (Å²) < 4.78 is 2.10. The first-order valence-corrected chi connectivity index (χ1v) is 7.21. The molecule has 0 unspecified atom stereocenters. The Morgan fingerprint density at radius 2 is 1.89 bits per heavy atom. The number of ketones is 1. The number of benzene rings is 1. The van der Waals surface area contributed by atoms with Gasteiger partial charge in [-0.1, -0.05) is 55.5 Å². The third-order valence-electron chi connectivity index (χ3n) is 3.06. The average molecular weight is 260 g/mol. The maximum atomic E-state index is 12.2. The van der Waals surface area contributed by atoms with Crippen LogP contribution in [0.5, 0.6) is 0 Å². The SMILES string of the molecule is CCc1sc[n+](CC(=O)c2ccccc2)c1CC. The first kappa shape index (κ1) is 13.0. The highest BCUT2D eigenvalue weighted by atomic mass is 32.1. The molecule has 0 radical (unpaired) electrons. The van der Waals surface area contributed by atoms with Gasteiger partial charge in [0.2, 0.25) is 17.8 Å². The zero-order valence-electron chi connectivity index (χ0n) is 10.8. The Morgan fingerprint density at radius 3 is 2.50 bits per heavy atom. The van der Waals surface area contributed by atoms with Crippen molar-refractivity contribution in [2.75, 3.05) is 0 Å². The molecule has 0 fully saturated rings. The predicted octanol–water partition coefficient (Wildman–Crippen LogP) is 3.04. The van der Waals surface area contributed by atoms with Gasteiger partial charge in [0.15, 0.2) is 5.69 Å². The molecule has 0 amide bonds. The number of Topliss-reactive ketones (excluding diaryl/α,β-unsaturated/α-hetero) is 1. The molecule has 0 saturated carbocycles. The van der Waals surface area contributed by atoms with E-state index in [-0.39, 0.29) is 5.78 Å². The van der Waals surface area contributed by atoms with E-state index in [2.05, 4.69) is 23.9 Å². The summed E-state index contributed by atoms with van der Waals surface area (Å²) >= 11 is 1.75. The van der Waals surface area contributed by atoms with Crippen LogP contribution in [-0.4, -0.2) is 5.78 Å². The lowest BCUT2D eigenvalue weighted by atomic mass is 10.1. The first-order valence-electron chi connectivity index (χ1n) is 6.33. The molecule has 3 heteroatoms. The predicted molar refractivity (Wildman–Crippen MR) is 74.0 cm³/mol. The largest absolute Gasteiger partial charge is 0.287 e. The van der Waals surface area contributed by atoms with Crippen LogP contribution in [0.4, 0.5) is 0 Å². The lowest BCUT2D eigenvalue weighted by molar-refractivity contribution is -0.685. The quantitative estimate of drug-likeness (QED) is 0.598. The Morgan fingerprint density at radius 1 is 1.17 bits per heavy atom. The number of rotatable bonds is 5. The fourth-order valence-corrected chi connectivity index (χ4v) is 3.13. The molecule has 1 aromatic carbocycles. The molecule has 18 heavy (non-hydrogen) atoms. The van der Waals surface area contributed by atoms with Gasteiger partial charge in [0, 0.05) is 12.0 Å². The summed E-state index contributed by atoms with van der Waals surface area (Å²) in [6.45, 7) is 4.75. The fourth-order valence-electron chi connectivity index (χ4n) is 2.11. The third kappa shape index (κ3) is 2.67. The van der Waals surface area contributed by atoms with Crippen LogP contribution < -0.4 is 4.57 Å². The van der Waals surface area contributed by atoms with E-state index >= 15 is 0 Å². The molecule has 0 aliphatic rings. The number of carbonyl (C=O) groups is 1. The second-order valence-corrected chi connectivity index (χ2v) is 5.16. The van der Waals surface area contributed by atoms with Crippen molar-refractivity contribution in [2.24, 2.45) is 0 Å². The average Bonchev–Trinajstić information content (AvgIpc) is 2.81. The Kier molecular flexibility index (Phi) is 4.26. The number of nitrogens with zero attached hydrogens (tertiary/aromatic N) is 1. The maximum absolute atomic E-state index is 12.2. The van der Waals surface area contributed by atoms with Crippen LogP contribution in [-0.2, 0) is 19.4 Å². The zero-order chi connectivity index (χ0) is 13.0. The second-order valence-electron chi connectivity index (χ2n) is 4.22. The fraction of sp³-hybridized carbons (Fsp3) is 0.333. The Bertz CT molecular complexity index is 531. The van der Waals surface area contributed by atoms with E-state index < -0.39 is 0 Å². The molecule has 0 atom stereocenters. The van der Waals surface area contributed by atoms with Crippen LogP contribution in [0.3, 0.4) is 0 Å². The highest BCUT2D eigenvalue weighted by molar-refractivity contribution is 7.09. The Balaban J connectivity index is 2.19. The molecule has 1 aromatic heterocycles. The topological polar surface area (TPSA) is 20.9 Å². The minimum Gasteiger partial charge on any atom is -0.287 e. The van der Waals surface area contributed by atoms with Crippen LogP contribution in [0.2, 0.25) is 0 Å². The van der Waals surface area contributed by atoms with Crippen LogP contribution >= 0.6 is 11.3 Å². The summed E-state index contributed by atoms with van der Waals surface area (Å²) in [5, 5.41) is 0. The Hall–Kier alpha value is -1.48. The van der Waals surface area contributed by atoms with Gasteiger partial charge >= 0.3 is 0 Å². The zero-order valence-corrected chi connectivity index (χ0v) is 11.7. The van der Waals surface area contributed by atoms with Crippen LogP contribution in [0.25, 0.3) is 0 Å². The van der Waals surface area contributed by atoms with Crippen LogP contribution in [0.15, 0.2) is 35.8 Å². The number of aryl methyl sites for hydroxylation is 1. The van der Waals surface area contributed by atoms with E-state index in [1.165, 1.54) is 10.6 Å². The van der Waals surface area contributed by atoms with Crippen LogP contribution in [0, 0.1) is 0 Å². The van der Waals surface area contributed by atoms with Gasteiger partial charge in [-0.3, -0.25) is 4.79 Å². The smallest absolute Gasteiger partial charge is 0.227 e. The van der Waals surface area contributed by atoms with Crippen molar-refractivity contribution >= 4 is 17.1 Å². The molecule has 0 bridgehead atoms. The molecule has 2 rings (SSSR count). The van der Waals surface area contributed by atoms with Gasteiger partial charge < -0.3 is 0 Å². The van der Waals surface area contributed by atoms with Crippen molar-refractivity contribution in [3.05, 3.63) is 52.0 Å². The van der Waals surface area contributed by atoms with E-state index in [4.69, 9.17) is 0 Å². The van der Waals surface area contributed by atoms with Gasteiger partial charge in [0.1, 0.15) is 0 Å². The Labute approximate surface area is 112 Å². The molecule has 1 heterocycles. The molecule has 2 nitrogen and oxygen atoms in total. The number of hydrogen-bond acceptors (Lipinski definition) is 2. The molecule has 0 aliphatic heterocycles. The summed E-state index contributed by atoms with van der Waals surface area (Å²) in [6, 6.07) is 9.50. The molecule has 0 spiro atoms. The van der Waals surface area contributed by atoms with Crippen molar-refractivity contribution in [3.8, 4) is 0 Å². The summed E-state index contributed by atoms with van der Waals surface area (Å²) in [4.78, 5) is 13.6. The highest BCUT2D eigenvalue weighted by Gasteiger charge is 2.20. The summed E-state index contributed by atoms with van der Waals surface area (Å²) in [5.41, 5.74) is 4.15. The van der Waals surface area contributed by atoms with E-state index in [0.29, 0.717) is 6.54 Å². The monoisotopic (exact) mass is 260 g/mol. The lowest BCUT2D eigenvalue weighted by Gasteiger charge is -1.99. The number of aromatic nitrogens is 1. The minimum atomic E-state index is 0.177. The number of hydrogen-bond donors (Lipinski definition) is 0. The van der Waals surface area contributed by atoms with Gasteiger partial charge in [-0.2, -0.15) is 4.57 Å². The minimum absolute atomic E-state index is 0.177. The normalized spacial score (nSPS) is 10.6. The summed E-state index contributed by atoms with van der Waals surface area (Å²) in [5.74, 6) is 0.177. The molecular weight excluding hydrogens is 242 g/mol. The molecular formula is C15H18NOS+. The van der Waals surface area contributed by atoms with Gasteiger partial charge in [0.25, 0.3) is 0 Å². The highest BCUT2D eigenvalue weighted by Crippen LogP contribution is 2.13.